The number of esters is 1. The minimum atomic E-state index is -0.504. The third-order valence-corrected chi connectivity index (χ3v) is 2.14. The second kappa shape index (κ2) is 6.47. The van der Waals surface area contributed by atoms with E-state index >= 15 is 0 Å². The first kappa shape index (κ1) is 13.0. The van der Waals surface area contributed by atoms with Crippen molar-refractivity contribution in [3.8, 4) is 0 Å². The maximum absolute atomic E-state index is 11.3. The summed E-state index contributed by atoms with van der Waals surface area (Å²) in [4.78, 5) is 33.4. The highest BCUT2D eigenvalue weighted by Gasteiger charge is 2.05. The molecule has 0 unspecified atom stereocenters. The number of aryl methyl sites for hydroxylation is 1. The molecule has 1 rings (SSSR count). The van der Waals surface area contributed by atoms with Gasteiger partial charge in [0.05, 0.1) is 7.11 Å². The number of ether oxygens (including phenoxy) is 1. The Morgan fingerprint density at radius 2 is 2.18 bits per heavy atom. The average Bonchev–Trinajstić information content (AvgIpc) is 2.35. The van der Waals surface area contributed by atoms with Crippen molar-refractivity contribution in [1.82, 2.24) is 9.88 Å². The molecule has 6 nitrogen and oxygen atoms in total. The van der Waals surface area contributed by atoms with Crippen LogP contribution in [0.5, 0.6) is 0 Å². The van der Waals surface area contributed by atoms with Gasteiger partial charge in [-0.1, -0.05) is 6.07 Å². The summed E-state index contributed by atoms with van der Waals surface area (Å²) in [5, 5.41) is 2.39. The summed E-state index contributed by atoms with van der Waals surface area (Å²) in [5.74, 6) is -0.804. The monoisotopic (exact) mass is 238 g/mol. The van der Waals surface area contributed by atoms with Gasteiger partial charge in [0.2, 0.25) is 5.91 Å². The van der Waals surface area contributed by atoms with E-state index in [4.69, 9.17) is 0 Å². The van der Waals surface area contributed by atoms with Crippen molar-refractivity contribution in [2.75, 3.05) is 13.7 Å². The summed E-state index contributed by atoms with van der Waals surface area (Å²) < 4.78 is 5.80. The van der Waals surface area contributed by atoms with Crippen molar-refractivity contribution in [3.05, 3.63) is 34.7 Å². The predicted molar refractivity (Wildman–Crippen MR) is 60.3 cm³/mol. The van der Waals surface area contributed by atoms with E-state index in [-0.39, 0.29) is 31.0 Å². The second-order valence-electron chi connectivity index (χ2n) is 3.34. The minimum Gasteiger partial charge on any atom is -0.468 e. The average molecular weight is 238 g/mol. The Hall–Kier alpha value is -2.11. The number of amides is 1. The van der Waals surface area contributed by atoms with Crippen LogP contribution in [-0.4, -0.2) is 30.1 Å². The molecule has 0 aromatic carbocycles. The molecule has 0 radical (unpaired) electrons. The lowest BCUT2D eigenvalue weighted by Crippen LogP contribution is -2.31. The highest BCUT2D eigenvalue weighted by atomic mass is 16.5. The molecule has 1 amide bonds. The van der Waals surface area contributed by atoms with E-state index in [0.717, 1.165) is 0 Å². The lowest BCUT2D eigenvalue weighted by molar-refractivity contribution is -0.141. The number of carbonyl (C=O) groups excluding carboxylic acids is 2. The first-order chi connectivity index (χ1) is 8.13. The highest BCUT2D eigenvalue weighted by molar-refractivity contribution is 5.81. The van der Waals surface area contributed by atoms with Crippen LogP contribution in [-0.2, 0) is 20.9 Å². The van der Waals surface area contributed by atoms with Crippen LogP contribution in [0.15, 0.2) is 29.2 Å². The van der Waals surface area contributed by atoms with Crippen LogP contribution in [0.25, 0.3) is 0 Å². The Morgan fingerprint density at radius 1 is 1.41 bits per heavy atom. The van der Waals surface area contributed by atoms with E-state index in [1.165, 1.54) is 17.7 Å². The van der Waals surface area contributed by atoms with Crippen molar-refractivity contribution >= 4 is 11.9 Å². The third-order valence-electron chi connectivity index (χ3n) is 2.14. The van der Waals surface area contributed by atoms with Crippen LogP contribution >= 0.6 is 0 Å². The molecule has 0 aliphatic carbocycles. The highest BCUT2D eigenvalue weighted by Crippen LogP contribution is 1.87. The summed E-state index contributed by atoms with van der Waals surface area (Å²) >= 11 is 0. The molecule has 0 saturated heterocycles. The largest absolute Gasteiger partial charge is 0.468 e. The normalized spacial score (nSPS) is 9.71. The van der Waals surface area contributed by atoms with Gasteiger partial charge in [0.1, 0.15) is 6.54 Å². The summed E-state index contributed by atoms with van der Waals surface area (Å²) in [5.41, 5.74) is -0.159. The molecule has 0 saturated carbocycles. The zero-order chi connectivity index (χ0) is 12.7. The third kappa shape index (κ3) is 4.50. The topological polar surface area (TPSA) is 77.4 Å². The molecule has 0 fully saturated rings. The summed E-state index contributed by atoms with van der Waals surface area (Å²) in [6, 6.07) is 4.77. The number of nitrogens with one attached hydrogen (secondary N) is 1. The SMILES string of the molecule is COC(=O)CNC(=O)CCn1ccccc1=O. The molecule has 1 heterocycles. The number of methoxy groups -OCH3 is 1. The Morgan fingerprint density at radius 3 is 2.82 bits per heavy atom. The standard InChI is InChI=1S/C11H14N2O4/c1-17-11(16)8-12-9(14)5-7-13-6-3-2-4-10(13)15/h2-4,6H,5,7-8H2,1H3,(H,12,14). The number of nitrogens with zero attached hydrogens (tertiary/aromatic N) is 1. The van der Waals surface area contributed by atoms with Crippen LogP contribution in [0.4, 0.5) is 0 Å². The zero-order valence-electron chi connectivity index (χ0n) is 9.51. The van der Waals surface area contributed by atoms with E-state index in [1.807, 2.05) is 0 Å². The zero-order valence-corrected chi connectivity index (χ0v) is 9.51. The molecular formula is C11H14N2O4. The molecule has 0 aliphatic heterocycles. The molecule has 0 atom stereocenters. The molecule has 1 aromatic rings. The van der Waals surface area contributed by atoms with E-state index in [0.29, 0.717) is 0 Å². The van der Waals surface area contributed by atoms with Gasteiger partial charge in [-0.15, -0.1) is 0 Å². The number of rotatable bonds is 5. The molecular weight excluding hydrogens is 224 g/mol. The number of hydrogen-bond acceptors (Lipinski definition) is 4. The number of pyridine rings is 1. The van der Waals surface area contributed by atoms with Crippen LogP contribution < -0.4 is 10.9 Å². The van der Waals surface area contributed by atoms with Crippen molar-refractivity contribution < 1.29 is 14.3 Å². The summed E-state index contributed by atoms with van der Waals surface area (Å²) in [6.45, 7) is 0.131. The number of hydrogen-bond donors (Lipinski definition) is 1. The lowest BCUT2D eigenvalue weighted by atomic mass is 10.3. The quantitative estimate of drug-likeness (QED) is 0.703. The Kier molecular flexibility index (Phi) is 4.93. The minimum absolute atomic E-state index is 0.140. The molecule has 92 valence electrons. The molecule has 0 bridgehead atoms. The fourth-order valence-corrected chi connectivity index (χ4v) is 1.20. The smallest absolute Gasteiger partial charge is 0.325 e. The lowest BCUT2D eigenvalue weighted by Gasteiger charge is -2.05. The van der Waals surface area contributed by atoms with Crippen LogP contribution in [0.1, 0.15) is 6.42 Å². The van der Waals surface area contributed by atoms with Crippen molar-refractivity contribution in [3.63, 3.8) is 0 Å². The molecule has 6 heteroatoms. The number of aromatic nitrogens is 1. The van der Waals surface area contributed by atoms with E-state index in [9.17, 15) is 14.4 Å². The maximum Gasteiger partial charge on any atom is 0.325 e. The van der Waals surface area contributed by atoms with Crippen molar-refractivity contribution in [1.29, 1.82) is 0 Å². The van der Waals surface area contributed by atoms with Gasteiger partial charge in [-0.3, -0.25) is 14.4 Å². The summed E-state index contributed by atoms with van der Waals surface area (Å²) in [7, 11) is 1.25. The first-order valence-electron chi connectivity index (χ1n) is 5.12. The van der Waals surface area contributed by atoms with E-state index in [2.05, 4.69) is 10.1 Å². The van der Waals surface area contributed by atoms with Gasteiger partial charge < -0.3 is 14.6 Å². The van der Waals surface area contributed by atoms with Gasteiger partial charge in [0.25, 0.3) is 5.56 Å². The molecule has 1 aromatic heterocycles. The molecule has 0 spiro atoms. The molecule has 1 N–H and O–H groups in total. The Bertz CT molecular complexity index is 453. The first-order valence-corrected chi connectivity index (χ1v) is 5.12. The second-order valence-corrected chi connectivity index (χ2v) is 3.34. The van der Waals surface area contributed by atoms with Gasteiger partial charge >= 0.3 is 5.97 Å². The van der Waals surface area contributed by atoms with Crippen molar-refractivity contribution in [2.45, 2.75) is 13.0 Å². The van der Waals surface area contributed by atoms with Crippen LogP contribution in [0, 0.1) is 0 Å². The van der Waals surface area contributed by atoms with Crippen LogP contribution in [0.3, 0.4) is 0 Å². The van der Waals surface area contributed by atoms with Gasteiger partial charge in [-0.05, 0) is 6.07 Å². The fraction of sp³-hybridized carbons (Fsp3) is 0.364. The maximum atomic E-state index is 11.3. The number of carbonyl (C=O) groups is 2. The van der Waals surface area contributed by atoms with Crippen molar-refractivity contribution in [2.24, 2.45) is 0 Å². The van der Waals surface area contributed by atoms with E-state index < -0.39 is 5.97 Å². The molecule has 0 aliphatic rings. The van der Waals surface area contributed by atoms with E-state index in [1.54, 1.807) is 18.3 Å². The van der Waals surface area contributed by atoms with Gasteiger partial charge in [0.15, 0.2) is 0 Å². The summed E-state index contributed by atoms with van der Waals surface area (Å²) in [6.07, 6.45) is 1.75. The Balaban J connectivity index is 2.36. The van der Waals surface area contributed by atoms with Crippen LogP contribution in [0.2, 0.25) is 0 Å². The predicted octanol–water partition coefficient (Wildman–Crippen LogP) is -0.472. The van der Waals surface area contributed by atoms with Gasteiger partial charge in [0, 0.05) is 25.2 Å². The van der Waals surface area contributed by atoms with Gasteiger partial charge in [-0.25, -0.2) is 0 Å². The fourth-order valence-electron chi connectivity index (χ4n) is 1.20. The Labute approximate surface area is 98.2 Å². The molecule has 17 heavy (non-hydrogen) atoms. The van der Waals surface area contributed by atoms with Gasteiger partial charge in [-0.2, -0.15) is 0 Å².